The number of aromatic nitrogens is 3. The summed E-state index contributed by atoms with van der Waals surface area (Å²) in [4.78, 5) is 7.72. The fraction of sp³-hybridized carbons (Fsp3) is 0.222. The maximum Gasteiger partial charge on any atom is 0.222 e. The number of nitrogens with zero attached hydrogens (tertiary/aromatic N) is 3. The molecular formula is C9H10ClN5O. The lowest BCUT2D eigenvalue weighted by Crippen LogP contribution is -2.05. The van der Waals surface area contributed by atoms with Crippen molar-refractivity contribution < 1.29 is 4.52 Å². The van der Waals surface area contributed by atoms with Gasteiger partial charge in [-0.2, -0.15) is 4.98 Å². The number of nitrogens with one attached hydrogen (secondary N) is 1. The van der Waals surface area contributed by atoms with Crippen molar-refractivity contribution in [1.82, 2.24) is 15.1 Å². The Morgan fingerprint density at radius 1 is 1.56 bits per heavy atom. The molecule has 7 heteroatoms. The third kappa shape index (κ3) is 2.40. The summed E-state index contributed by atoms with van der Waals surface area (Å²) in [5.41, 5.74) is 6.21. The Labute approximate surface area is 96.8 Å². The Morgan fingerprint density at radius 3 is 3.06 bits per heavy atom. The molecule has 0 radical (unpaired) electrons. The minimum atomic E-state index is 0.170. The number of hydrogen-bond acceptors (Lipinski definition) is 6. The number of aryl methyl sites for hydroxylation is 1. The van der Waals surface area contributed by atoms with Crippen LogP contribution in [0.25, 0.3) is 0 Å². The number of halogens is 1. The van der Waals surface area contributed by atoms with Crippen LogP contribution in [0, 0.1) is 6.92 Å². The zero-order valence-electron chi connectivity index (χ0n) is 8.57. The minimum Gasteiger partial charge on any atom is -0.368 e. The molecule has 0 aliphatic carbocycles. The van der Waals surface area contributed by atoms with Crippen LogP contribution in [0.15, 0.2) is 16.8 Å². The van der Waals surface area contributed by atoms with Crippen LogP contribution in [0.2, 0.25) is 5.02 Å². The van der Waals surface area contributed by atoms with Crippen LogP contribution in [0.3, 0.4) is 0 Å². The molecular weight excluding hydrogens is 230 g/mol. The monoisotopic (exact) mass is 239 g/mol. The molecule has 0 bridgehead atoms. The largest absolute Gasteiger partial charge is 0.368 e. The van der Waals surface area contributed by atoms with Gasteiger partial charge in [0.25, 0.3) is 0 Å². The first-order chi connectivity index (χ1) is 7.65. The molecule has 6 nitrogen and oxygen atoms in total. The fourth-order valence-electron chi connectivity index (χ4n) is 1.18. The molecule has 0 saturated carbocycles. The molecule has 2 rings (SSSR count). The molecule has 0 spiro atoms. The average molecular weight is 240 g/mol. The van der Waals surface area contributed by atoms with Crippen LogP contribution in [0.5, 0.6) is 0 Å². The van der Waals surface area contributed by atoms with E-state index < -0.39 is 0 Å². The molecule has 16 heavy (non-hydrogen) atoms. The van der Waals surface area contributed by atoms with Crippen molar-refractivity contribution in [3.8, 4) is 0 Å². The summed E-state index contributed by atoms with van der Waals surface area (Å²) in [6, 6.07) is 1.82. The summed E-state index contributed by atoms with van der Waals surface area (Å²) >= 11 is 5.88. The number of anilines is 2. The van der Waals surface area contributed by atoms with Crippen molar-refractivity contribution in [2.75, 3.05) is 11.1 Å². The molecule has 0 unspecified atom stereocenters. The van der Waals surface area contributed by atoms with Gasteiger partial charge in [-0.3, -0.25) is 0 Å². The zero-order valence-corrected chi connectivity index (χ0v) is 9.32. The third-order valence-corrected chi connectivity index (χ3v) is 2.15. The number of nitrogen functional groups attached to an aromatic ring is 1. The third-order valence-electron chi connectivity index (χ3n) is 1.88. The molecule has 2 aromatic rings. The van der Waals surface area contributed by atoms with Crippen molar-refractivity contribution in [3.63, 3.8) is 0 Å². The molecule has 0 atom stereocenters. The molecule has 2 aromatic heterocycles. The van der Waals surface area contributed by atoms with E-state index in [-0.39, 0.29) is 5.95 Å². The molecule has 0 saturated heterocycles. The second-order valence-corrected chi connectivity index (χ2v) is 3.61. The number of rotatable bonds is 3. The van der Waals surface area contributed by atoms with Crippen LogP contribution in [-0.2, 0) is 6.54 Å². The van der Waals surface area contributed by atoms with Gasteiger partial charge in [0.05, 0.1) is 12.7 Å². The SMILES string of the molecule is Cc1cc(CNc2nc(N)ncc2Cl)no1. The molecule has 0 aliphatic heterocycles. The van der Waals surface area contributed by atoms with Gasteiger partial charge in [0.2, 0.25) is 5.95 Å². The number of hydrogen-bond donors (Lipinski definition) is 2. The van der Waals surface area contributed by atoms with Crippen LogP contribution in [-0.4, -0.2) is 15.1 Å². The van der Waals surface area contributed by atoms with E-state index in [0.29, 0.717) is 17.4 Å². The van der Waals surface area contributed by atoms with Gasteiger partial charge in [0.15, 0.2) is 5.82 Å². The Kier molecular flexibility index (Phi) is 2.91. The fourth-order valence-corrected chi connectivity index (χ4v) is 1.34. The first-order valence-corrected chi connectivity index (χ1v) is 4.97. The smallest absolute Gasteiger partial charge is 0.222 e. The van der Waals surface area contributed by atoms with Gasteiger partial charge in [0, 0.05) is 6.07 Å². The molecule has 0 fully saturated rings. The highest BCUT2D eigenvalue weighted by molar-refractivity contribution is 6.32. The van der Waals surface area contributed by atoms with Crippen molar-refractivity contribution in [3.05, 3.63) is 28.7 Å². The van der Waals surface area contributed by atoms with Gasteiger partial charge in [-0.15, -0.1) is 0 Å². The Morgan fingerprint density at radius 2 is 2.38 bits per heavy atom. The van der Waals surface area contributed by atoms with E-state index >= 15 is 0 Å². The topological polar surface area (TPSA) is 89.9 Å². The predicted molar refractivity (Wildman–Crippen MR) is 60.0 cm³/mol. The normalized spacial score (nSPS) is 10.4. The summed E-state index contributed by atoms with van der Waals surface area (Å²) < 4.78 is 4.93. The van der Waals surface area contributed by atoms with Gasteiger partial charge in [-0.25, -0.2) is 4.98 Å². The summed E-state index contributed by atoms with van der Waals surface area (Å²) in [5.74, 6) is 1.41. The summed E-state index contributed by atoms with van der Waals surface area (Å²) in [5, 5.41) is 7.24. The van der Waals surface area contributed by atoms with Gasteiger partial charge < -0.3 is 15.6 Å². The first-order valence-electron chi connectivity index (χ1n) is 4.59. The van der Waals surface area contributed by atoms with Gasteiger partial charge in [-0.05, 0) is 6.92 Å². The number of nitrogens with two attached hydrogens (primary N) is 1. The molecule has 0 aromatic carbocycles. The van der Waals surface area contributed by atoms with E-state index in [1.165, 1.54) is 6.20 Å². The van der Waals surface area contributed by atoms with E-state index in [9.17, 15) is 0 Å². The van der Waals surface area contributed by atoms with Crippen LogP contribution in [0.1, 0.15) is 11.5 Å². The molecule has 3 N–H and O–H groups in total. The van der Waals surface area contributed by atoms with Gasteiger partial charge in [-0.1, -0.05) is 16.8 Å². The van der Waals surface area contributed by atoms with Crippen LogP contribution < -0.4 is 11.1 Å². The predicted octanol–water partition coefficient (Wildman–Crippen LogP) is 1.62. The van der Waals surface area contributed by atoms with Crippen LogP contribution >= 0.6 is 11.6 Å². The Hall–Kier alpha value is -1.82. The van der Waals surface area contributed by atoms with Gasteiger partial charge in [0.1, 0.15) is 16.5 Å². The highest BCUT2D eigenvalue weighted by atomic mass is 35.5. The van der Waals surface area contributed by atoms with E-state index in [2.05, 4.69) is 20.4 Å². The summed E-state index contributed by atoms with van der Waals surface area (Å²) in [6.45, 7) is 2.29. The summed E-state index contributed by atoms with van der Waals surface area (Å²) in [6.07, 6.45) is 1.44. The quantitative estimate of drug-likeness (QED) is 0.846. The van der Waals surface area contributed by atoms with E-state index in [1.807, 2.05) is 13.0 Å². The molecule has 0 amide bonds. The van der Waals surface area contributed by atoms with Crippen molar-refractivity contribution in [1.29, 1.82) is 0 Å². The lowest BCUT2D eigenvalue weighted by atomic mass is 10.4. The van der Waals surface area contributed by atoms with Crippen molar-refractivity contribution in [2.24, 2.45) is 0 Å². The lowest BCUT2D eigenvalue weighted by Gasteiger charge is -2.04. The van der Waals surface area contributed by atoms with E-state index in [1.54, 1.807) is 0 Å². The van der Waals surface area contributed by atoms with E-state index in [4.69, 9.17) is 21.9 Å². The molecule has 84 valence electrons. The van der Waals surface area contributed by atoms with E-state index in [0.717, 1.165) is 11.5 Å². The summed E-state index contributed by atoms with van der Waals surface area (Å²) in [7, 11) is 0. The lowest BCUT2D eigenvalue weighted by molar-refractivity contribution is 0.391. The molecule has 2 heterocycles. The van der Waals surface area contributed by atoms with Crippen molar-refractivity contribution in [2.45, 2.75) is 13.5 Å². The highest BCUT2D eigenvalue weighted by Gasteiger charge is 2.05. The van der Waals surface area contributed by atoms with Crippen molar-refractivity contribution >= 4 is 23.4 Å². The van der Waals surface area contributed by atoms with Crippen LogP contribution in [0.4, 0.5) is 11.8 Å². The molecule has 0 aliphatic rings. The zero-order chi connectivity index (χ0) is 11.5. The standard InChI is InChI=1S/C9H10ClN5O/c1-5-2-6(15-16-5)3-12-8-7(10)4-13-9(11)14-8/h2,4H,3H2,1H3,(H3,11,12,13,14). The second-order valence-electron chi connectivity index (χ2n) is 3.21. The Balaban J connectivity index is 2.07. The average Bonchev–Trinajstić information content (AvgIpc) is 2.66. The van der Waals surface area contributed by atoms with Gasteiger partial charge >= 0.3 is 0 Å². The first kappa shape index (κ1) is 10.7. The second kappa shape index (κ2) is 4.36. The maximum absolute atomic E-state index is 5.88. The minimum absolute atomic E-state index is 0.170. The Bertz CT molecular complexity index is 498. The highest BCUT2D eigenvalue weighted by Crippen LogP contribution is 2.18. The maximum atomic E-state index is 5.88.